The third-order valence-electron chi connectivity index (χ3n) is 2.80. The summed E-state index contributed by atoms with van der Waals surface area (Å²) in [5.74, 6) is 1.69. The molecule has 1 aromatic carbocycles. The van der Waals surface area contributed by atoms with E-state index in [-0.39, 0.29) is 0 Å². The molecule has 1 aromatic heterocycles. The second kappa shape index (κ2) is 4.14. The summed E-state index contributed by atoms with van der Waals surface area (Å²) in [5.41, 5.74) is 2.42. The van der Waals surface area contributed by atoms with Crippen molar-refractivity contribution in [2.24, 2.45) is 0 Å². The lowest BCUT2D eigenvalue weighted by atomic mass is 10.2. The first-order chi connectivity index (χ1) is 7.74. The molecule has 2 aromatic rings. The van der Waals surface area contributed by atoms with E-state index in [1.165, 1.54) is 22.1 Å². The Morgan fingerprint density at radius 2 is 2.19 bits per heavy atom. The highest BCUT2D eigenvalue weighted by Crippen LogP contribution is 2.40. The van der Waals surface area contributed by atoms with Gasteiger partial charge in [0.25, 0.3) is 0 Å². The zero-order chi connectivity index (χ0) is 11.1. The molecular formula is C12H10BrIN2. The van der Waals surface area contributed by atoms with Crippen molar-refractivity contribution in [3.8, 4) is 11.4 Å². The van der Waals surface area contributed by atoms with Crippen molar-refractivity contribution >= 4 is 38.5 Å². The highest BCUT2D eigenvalue weighted by atomic mass is 127. The minimum Gasteiger partial charge on any atom is -0.342 e. The van der Waals surface area contributed by atoms with Gasteiger partial charge in [0, 0.05) is 31.4 Å². The van der Waals surface area contributed by atoms with Gasteiger partial charge < -0.3 is 4.98 Å². The van der Waals surface area contributed by atoms with E-state index in [1.807, 2.05) is 6.20 Å². The van der Waals surface area contributed by atoms with E-state index in [4.69, 9.17) is 0 Å². The highest BCUT2D eigenvalue weighted by molar-refractivity contribution is 14.1. The maximum absolute atomic E-state index is 4.46. The lowest BCUT2D eigenvalue weighted by Crippen LogP contribution is -1.85. The lowest BCUT2D eigenvalue weighted by Gasteiger charge is -2.01. The van der Waals surface area contributed by atoms with Gasteiger partial charge in [-0.2, -0.15) is 0 Å². The minimum absolute atomic E-state index is 0.725. The fourth-order valence-electron chi connectivity index (χ4n) is 1.75. The van der Waals surface area contributed by atoms with Crippen molar-refractivity contribution in [3.05, 3.63) is 38.1 Å². The van der Waals surface area contributed by atoms with Gasteiger partial charge in [-0.3, -0.25) is 0 Å². The Morgan fingerprint density at radius 1 is 1.38 bits per heavy atom. The average molecular weight is 389 g/mol. The molecule has 0 amide bonds. The molecule has 0 bridgehead atoms. The first-order valence-corrected chi connectivity index (χ1v) is 7.11. The fraction of sp³-hybridized carbons (Fsp3) is 0.250. The minimum atomic E-state index is 0.725. The Kier molecular flexibility index (Phi) is 2.79. The van der Waals surface area contributed by atoms with Crippen LogP contribution in [-0.4, -0.2) is 9.97 Å². The maximum atomic E-state index is 4.46. The van der Waals surface area contributed by atoms with E-state index in [1.54, 1.807) is 0 Å². The van der Waals surface area contributed by atoms with Crippen LogP contribution in [0.25, 0.3) is 11.4 Å². The Labute approximate surface area is 116 Å². The van der Waals surface area contributed by atoms with Crippen LogP contribution < -0.4 is 0 Å². The number of aromatic nitrogens is 2. The van der Waals surface area contributed by atoms with E-state index < -0.39 is 0 Å². The van der Waals surface area contributed by atoms with Gasteiger partial charge in [-0.15, -0.1) is 0 Å². The van der Waals surface area contributed by atoms with Gasteiger partial charge in [0.1, 0.15) is 5.82 Å². The number of hydrogen-bond donors (Lipinski definition) is 1. The molecule has 1 saturated carbocycles. The zero-order valence-electron chi connectivity index (χ0n) is 8.50. The summed E-state index contributed by atoms with van der Waals surface area (Å²) in [7, 11) is 0. The molecule has 1 fully saturated rings. The summed E-state index contributed by atoms with van der Waals surface area (Å²) in [6, 6.07) is 6.29. The Morgan fingerprint density at radius 3 is 2.94 bits per heavy atom. The van der Waals surface area contributed by atoms with Crippen molar-refractivity contribution < 1.29 is 0 Å². The zero-order valence-corrected chi connectivity index (χ0v) is 12.2. The molecule has 82 valence electrons. The summed E-state index contributed by atoms with van der Waals surface area (Å²) >= 11 is 5.88. The Balaban J connectivity index is 2.03. The number of halogens is 2. The molecule has 16 heavy (non-hydrogen) atoms. The molecule has 2 nitrogen and oxygen atoms in total. The molecule has 0 spiro atoms. The van der Waals surface area contributed by atoms with Crippen LogP contribution >= 0.6 is 38.5 Å². The average Bonchev–Trinajstić information content (AvgIpc) is 3.01. The van der Waals surface area contributed by atoms with Crippen LogP contribution in [0, 0.1) is 3.57 Å². The molecule has 0 unspecified atom stereocenters. The number of imidazole rings is 1. The monoisotopic (exact) mass is 388 g/mol. The number of nitrogens with one attached hydrogen (secondary N) is 1. The van der Waals surface area contributed by atoms with Crippen molar-refractivity contribution in [1.29, 1.82) is 0 Å². The quantitative estimate of drug-likeness (QED) is 0.762. The normalized spacial score (nSPS) is 15.4. The van der Waals surface area contributed by atoms with Crippen molar-refractivity contribution in [1.82, 2.24) is 9.97 Å². The number of hydrogen-bond acceptors (Lipinski definition) is 1. The molecule has 1 aliphatic carbocycles. The summed E-state index contributed by atoms with van der Waals surface area (Å²) in [6.45, 7) is 0. The van der Waals surface area contributed by atoms with Crippen LogP contribution in [0.2, 0.25) is 0 Å². The van der Waals surface area contributed by atoms with Gasteiger partial charge in [0.2, 0.25) is 0 Å². The van der Waals surface area contributed by atoms with Gasteiger partial charge in [0.05, 0.1) is 0 Å². The van der Waals surface area contributed by atoms with Crippen molar-refractivity contribution in [2.45, 2.75) is 18.8 Å². The maximum Gasteiger partial charge on any atom is 0.138 e. The molecule has 0 aliphatic heterocycles. The van der Waals surface area contributed by atoms with Gasteiger partial charge in [-0.1, -0.05) is 15.9 Å². The van der Waals surface area contributed by atoms with Crippen LogP contribution in [0.3, 0.4) is 0 Å². The third-order valence-corrected chi connectivity index (χ3v) is 4.16. The molecule has 0 saturated heterocycles. The van der Waals surface area contributed by atoms with Crippen molar-refractivity contribution in [3.63, 3.8) is 0 Å². The standard InChI is InChI=1S/C12H10BrIN2/c13-10-4-3-8(14)5-9(10)12-15-6-11(16-12)7-1-2-7/h3-7H,1-2H2,(H,15,16). The van der Waals surface area contributed by atoms with Gasteiger partial charge >= 0.3 is 0 Å². The van der Waals surface area contributed by atoms with Gasteiger partial charge in [0.15, 0.2) is 0 Å². The molecule has 1 N–H and O–H groups in total. The van der Waals surface area contributed by atoms with Gasteiger partial charge in [-0.25, -0.2) is 4.98 Å². The predicted molar refractivity (Wildman–Crippen MR) is 76.4 cm³/mol. The first-order valence-electron chi connectivity index (χ1n) is 5.24. The third kappa shape index (κ3) is 2.05. The largest absolute Gasteiger partial charge is 0.342 e. The first kappa shape index (κ1) is 10.8. The number of rotatable bonds is 2. The van der Waals surface area contributed by atoms with Crippen LogP contribution in [-0.2, 0) is 0 Å². The number of H-pyrrole nitrogens is 1. The molecular weight excluding hydrogens is 379 g/mol. The van der Waals surface area contributed by atoms with Gasteiger partial charge in [-0.05, 0) is 53.6 Å². The second-order valence-corrected chi connectivity index (χ2v) is 6.19. The van der Waals surface area contributed by atoms with Crippen LogP contribution in [0.15, 0.2) is 28.9 Å². The smallest absolute Gasteiger partial charge is 0.138 e. The van der Waals surface area contributed by atoms with Crippen LogP contribution in [0.1, 0.15) is 24.5 Å². The van der Waals surface area contributed by atoms with E-state index in [9.17, 15) is 0 Å². The molecule has 3 rings (SSSR count). The summed E-state index contributed by atoms with van der Waals surface area (Å²) in [6.07, 6.45) is 4.57. The lowest BCUT2D eigenvalue weighted by molar-refractivity contribution is 1.05. The Bertz CT molecular complexity index is 532. The van der Waals surface area contributed by atoms with E-state index >= 15 is 0 Å². The summed E-state index contributed by atoms with van der Waals surface area (Å²) < 4.78 is 2.31. The van der Waals surface area contributed by atoms with Crippen molar-refractivity contribution in [2.75, 3.05) is 0 Å². The Hall–Kier alpha value is -0.360. The van der Waals surface area contributed by atoms with Crippen LogP contribution in [0.4, 0.5) is 0 Å². The topological polar surface area (TPSA) is 28.7 Å². The van der Waals surface area contributed by atoms with Crippen LogP contribution in [0.5, 0.6) is 0 Å². The molecule has 1 heterocycles. The molecule has 0 radical (unpaired) electrons. The predicted octanol–water partition coefficient (Wildman–Crippen LogP) is 4.32. The summed E-state index contributed by atoms with van der Waals surface area (Å²) in [4.78, 5) is 7.88. The second-order valence-electron chi connectivity index (χ2n) is 4.09. The molecule has 1 aliphatic rings. The summed E-state index contributed by atoms with van der Waals surface area (Å²) in [5, 5.41) is 0. The number of benzene rings is 1. The number of aromatic amines is 1. The van der Waals surface area contributed by atoms with E-state index in [0.29, 0.717) is 0 Å². The van der Waals surface area contributed by atoms with E-state index in [2.05, 4.69) is 66.7 Å². The fourth-order valence-corrected chi connectivity index (χ4v) is 2.68. The van der Waals surface area contributed by atoms with E-state index in [0.717, 1.165) is 21.8 Å². The molecule has 4 heteroatoms. The highest BCUT2D eigenvalue weighted by Gasteiger charge is 2.25. The molecule has 0 atom stereocenters. The SMILES string of the molecule is Brc1ccc(I)cc1-c1ncc(C2CC2)[nH]1. The number of nitrogens with zero attached hydrogens (tertiary/aromatic N) is 1.